The highest BCUT2D eigenvalue weighted by atomic mass is 31.2. The molecule has 0 heterocycles. The fourth-order valence-corrected chi connectivity index (χ4v) is 4.00. The van der Waals surface area contributed by atoms with E-state index in [2.05, 4.69) is 5.32 Å². The van der Waals surface area contributed by atoms with Crippen molar-refractivity contribution in [3.8, 4) is 0 Å². The zero-order valence-electron chi connectivity index (χ0n) is 16.7. The van der Waals surface area contributed by atoms with E-state index >= 15 is 0 Å². The lowest BCUT2D eigenvalue weighted by atomic mass is 10.0. The van der Waals surface area contributed by atoms with Gasteiger partial charge in [0.15, 0.2) is 0 Å². The largest absolute Gasteiger partial charge is 0.444 e. The van der Waals surface area contributed by atoms with Crippen molar-refractivity contribution in [3.05, 3.63) is 29.8 Å². The Labute approximate surface area is 157 Å². The number of anilines is 1. The van der Waals surface area contributed by atoms with Crippen LogP contribution in [-0.2, 0) is 20.2 Å². The van der Waals surface area contributed by atoms with Gasteiger partial charge >= 0.3 is 6.09 Å². The normalized spacial score (nSPS) is 16.4. The number of hydrogen-bond acceptors (Lipinski definition) is 5. The SMILES string of the molecule is CCOP(C)(=O)[C@@H](C)C[C@H](Cc1ccc(N)cc1)NC(=O)OC(C)(C)C. The summed E-state index contributed by atoms with van der Waals surface area (Å²) in [6.07, 6.45) is 0.639. The van der Waals surface area contributed by atoms with Crippen LogP contribution in [0.1, 0.15) is 46.6 Å². The summed E-state index contributed by atoms with van der Waals surface area (Å²) in [5.41, 5.74) is 6.70. The van der Waals surface area contributed by atoms with Crippen LogP contribution in [-0.4, -0.2) is 36.7 Å². The minimum Gasteiger partial charge on any atom is -0.444 e. The predicted octanol–water partition coefficient (Wildman–Crippen LogP) is 4.43. The van der Waals surface area contributed by atoms with Crippen LogP contribution < -0.4 is 11.1 Å². The van der Waals surface area contributed by atoms with Crippen molar-refractivity contribution in [3.63, 3.8) is 0 Å². The number of rotatable bonds is 8. The zero-order valence-corrected chi connectivity index (χ0v) is 17.6. The number of alkyl carbamates (subject to hydrolysis) is 1. The van der Waals surface area contributed by atoms with Crippen molar-refractivity contribution >= 4 is 19.1 Å². The first-order valence-corrected chi connectivity index (χ1v) is 11.1. The summed E-state index contributed by atoms with van der Waals surface area (Å²) in [4.78, 5) is 12.2. The van der Waals surface area contributed by atoms with E-state index in [1.807, 2.05) is 58.9 Å². The Morgan fingerprint density at radius 2 is 1.85 bits per heavy atom. The summed E-state index contributed by atoms with van der Waals surface area (Å²) < 4.78 is 23.5. The molecule has 7 heteroatoms. The molecule has 0 fully saturated rings. The highest BCUT2D eigenvalue weighted by Gasteiger charge is 2.29. The molecule has 0 aromatic heterocycles. The van der Waals surface area contributed by atoms with E-state index in [1.165, 1.54) is 0 Å². The maximum Gasteiger partial charge on any atom is 0.407 e. The van der Waals surface area contributed by atoms with Crippen LogP contribution in [0.4, 0.5) is 10.5 Å². The second kappa shape index (κ2) is 9.43. The molecule has 6 nitrogen and oxygen atoms in total. The molecule has 1 aromatic carbocycles. The lowest BCUT2D eigenvalue weighted by molar-refractivity contribution is 0.0501. The molecule has 0 saturated heterocycles. The third-order valence-corrected chi connectivity index (χ3v) is 6.58. The Kier molecular flexibility index (Phi) is 8.16. The Balaban J connectivity index is 2.88. The van der Waals surface area contributed by atoms with Crippen molar-refractivity contribution in [2.24, 2.45) is 0 Å². The number of nitrogens with two attached hydrogens (primary N) is 1. The summed E-state index contributed by atoms with van der Waals surface area (Å²) in [5, 5.41) is 2.91. The van der Waals surface area contributed by atoms with E-state index in [9.17, 15) is 9.36 Å². The van der Waals surface area contributed by atoms with E-state index < -0.39 is 19.1 Å². The van der Waals surface area contributed by atoms with E-state index in [1.54, 1.807) is 6.66 Å². The minimum absolute atomic E-state index is 0.184. The summed E-state index contributed by atoms with van der Waals surface area (Å²) in [6.45, 7) is 11.2. The van der Waals surface area contributed by atoms with Crippen LogP contribution in [0.15, 0.2) is 24.3 Å². The molecule has 0 bridgehead atoms. The van der Waals surface area contributed by atoms with E-state index in [-0.39, 0.29) is 11.7 Å². The second-order valence-corrected chi connectivity index (χ2v) is 10.7. The van der Waals surface area contributed by atoms with Gasteiger partial charge in [-0.3, -0.25) is 4.57 Å². The molecule has 1 aromatic rings. The van der Waals surface area contributed by atoms with Gasteiger partial charge in [-0.1, -0.05) is 19.1 Å². The molecule has 0 aliphatic carbocycles. The average molecular weight is 384 g/mol. The molecule has 1 amide bonds. The van der Waals surface area contributed by atoms with Crippen LogP contribution in [0.5, 0.6) is 0 Å². The van der Waals surface area contributed by atoms with Crippen molar-refractivity contribution in [2.75, 3.05) is 19.0 Å². The molecule has 0 aliphatic heterocycles. The van der Waals surface area contributed by atoms with Crippen LogP contribution in [0.2, 0.25) is 0 Å². The van der Waals surface area contributed by atoms with Gasteiger partial charge in [-0.2, -0.15) is 0 Å². The van der Waals surface area contributed by atoms with Crippen LogP contribution >= 0.6 is 7.37 Å². The number of amides is 1. The minimum atomic E-state index is -2.75. The molecular formula is C19H33N2O4P. The Hall–Kier alpha value is -1.52. The van der Waals surface area contributed by atoms with Gasteiger partial charge in [0.1, 0.15) is 5.60 Å². The Morgan fingerprint density at radius 1 is 1.27 bits per heavy atom. The fourth-order valence-electron chi connectivity index (χ4n) is 2.59. The standard InChI is InChI=1S/C19H33N2O4P/c1-7-24-26(6,23)14(2)12-17(21-18(22)25-19(3,4)5)13-15-8-10-16(20)11-9-15/h8-11,14,17H,7,12-13,20H2,1-6H3,(H,21,22)/t14-,17+,26?/m0/s1. The van der Waals surface area contributed by atoms with Gasteiger partial charge in [-0.25, -0.2) is 4.79 Å². The molecule has 3 N–H and O–H groups in total. The van der Waals surface area contributed by atoms with Gasteiger partial charge in [-0.05, 0) is 58.2 Å². The number of hydrogen-bond donors (Lipinski definition) is 2. The smallest absolute Gasteiger partial charge is 0.407 e. The highest BCUT2D eigenvalue weighted by molar-refractivity contribution is 7.58. The van der Waals surface area contributed by atoms with E-state index in [0.717, 1.165) is 5.56 Å². The molecule has 1 unspecified atom stereocenters. The fraction of sp³-hybridized carbons (Fsp3) is 0.632. The lowest BCUT2D eigenvalue weighted by Gasteiger charge is -2.27. The Morgan fingerprint density at radius 3 is 2.35 bits per heavy atom. The second-order valence-electron chi connectivity index (χ2n) is 7.70. The number of nitrogen functional groups attached to an aromatic ring is 1. The molecule has 26 heavy (non-hydrogen) atoms. The number of nitrogens with one attached hydrogen (secondary N) is 1. The van der Waals surface area contributed by atoms with Gasteiger partial charge in [0.2, 0.25) is 7.37 Å². The molecule has 0 saturated carbocycles. The van der Waals surface area contributed by atoms with Crippen molar-refractivity contribution in [1.29, 1.82) is 0 Å². The van der Waals surface area contributed by atoms with Crippen molar-refractivity contribution < 1.29 is 18.6 Å². The molecule has 0 spiro atoms. The van der Waals surface area contributed by atoms with Crippen molar-refractivity contribution in [2.45, 2.75) is 64.8 Å². The van der Waals surface area contributed by atoms with Crippen LogP contribution in [0, 0.1) is 0 Å². The van der Waals surface area contributed by atoms with Crippen molar-refractivity contribution in [1.82, 2.24) is 5.32 Å². The third kappa shape index (κ3) is 8.24. The molecule has 1 rings (SSSR count). The van der Waals surface area contributed by atoms with Gasteiger partial charge in [0.25, 0.3) is 0 Å². The van der Waals surface area contributed by atoms with Gasteiger partial charge < -0.3 is 20.3 Å². The van der Waals surface area contributed by atoms with Crippen LogP contribution in [0.25, 0.3) is 0 Å². The number of carbonyl (C=O) groups is 1. The molecule has 0 aliphatic rings. The molecular weight excluding hydrogens is 351 g/mol. The van der Waals surface area contributed by atoms with E-state index in [4.69, 9.17) is 15.0 Å². The summed E-state index contributed by atoms with van der Waals surface area (Å²) >= 11 is 0. The summed E-state index contributed by atoms with van der Waals surface area (Å²) in [6, 6.07) is 7.29. The average Bonchev–Trinajstić information content (AvgIpc) is 2.47. The van der Waals surface area contributed by atoms with E-state index in [0.29, 0.717) is 25.1 Å². The van der Waals surface area contributed by atoms with Gasteiger partial charge in [0, 0.05) is 24.1 Å². The maximum absolute atomic E-state index is 12.7. The number of ether oxygens (including phenoxy) is 1. The first-order chi connectivity index (χ1) is 11.9. The molecule has 148 valence electrons. The predicted molar refractivity (Wildman–Crippen MR) is 107 cm³/mol. The first kappa shape index (κ1) is 22.5. The maximum atomic E-state index is 12.7. The van der Waals surface area contributed by atoms with Crippen LogP contribution in [0.3, 0.4) is 0 Å². The summed E-state index contributed by atoms with van der Waals surface area (Å²) in [5.74, 6) is 0. The quantitative estimate of drug-likeness (QED) is 0.511. The highest BCUT2D eigenvalue weighted by Crippen LogP contribution is 2.49. The molecule has 0 radical (unpaired) electrons. The van der Waals surface area contributed by atoms with Gasteiger partial charge in [-0.15, -0.1) is 0 Å². The first-order valence-electron chi connectivity index (χ1n) is 8.98. The number of benzene rings is 1. The lowest BCUT2D eigenvalue weighted by Crippen LogP contribution is -2.41. The molecule has 3 atom stereocenters. The monoisotopic (exact) mass is 384 g/mol. The topological polar surface area (TPSA) is 90.6 Å². The third-order valence-electron chi connectivity index (χ3n) is 3.99. The zero-order chi connectivity index (χ0) is 20.0. The summed E-state index contributed by atoms with van der Waals surface area (Å²) in [7, 11) is -2.75. The number of carbonyl (C=O) groups excluding carboxylic acids is 1. The Bertz CT molecular complexity index is 625. The van der Waals surface area contributed by atoms with Gasteiger partial charge in [0.05, 0.1) is 6.61 Å².